The van der Waals surface area contributed by atoms with Gasteiger partial charge in [0.25, 0.3) is 0 Å². The van der Waals surface area contributed by atoms with Gasteiger partial charge in [0.2, 0.25) is 0 Å². The fraction of sp³-hybridized carbons (Fsp3) is 0.308. The smallest absolute Gasteiger partial charge is 0.126 e. The van der Waals surface area contributed by atoms with E-state index in [2.05, 4.69) is 59.9 Å². The average Bonchev–Trinajstić information content (AvgIpc) is 2.58. The van der Waals surface area contributed by atoms with E-state index in [1.54, 1.807) is 7.11 Å². The number of nitrogens with zero attached hydrogens (tertiary/aromatic N) is 2. The summed E-state index contributed by atoms with van der Waals surface area (Å²) in [6.45, 7) is 4.90. The zero-order valence-corrected chi connectivity index (χ0v) is 12.4. The van der Waals surface area contributed by atoms with Crippen molar-refractivity contribution in [1.82, 2.24) is 9.78 Å². The third-order valence-electron chi connectivity index (χ3n) is 2.65. The lowest BCUT2D eigenvalue weighted by Gasteiger charge is -2.09. The Kier molecular flexibility index (Phi) is 3.71. The van der Waals surface area contributed by atoms with Gasteiger partial charge in [-0.15, -0.1) is 0 Å². The molecule has 1 aromatic carbocycles. The first-order valence-electron chi connectivity index (χ1n) is 5.43. The fourth-order valence-corrected chi connectivity index (χ4v) is 2.20. The molecular formula is C13H15IN2O. The number of rotatable bonds is 3. The van der Waals surface area contributed by atoms with Crippen LogP contribution in [0.15, 0.2) is 24.4 Å². The second kappa shape index (κ2) is 5.08. The summed E-state index contributed by atoms with van der Waals surface area (Å²) < 4.78 is 8.37. The van der Waals surface area contributed by atoms with E-state index in [9.17, 15) is 0 Å². The van der Waals surface area contributed by atoms with Gasteiger partial charge in [-0.2, -0.15) is 5.10 Å². The van der Waals surface area contributed by atoms with Crippen LogP contribution in [0.2, 0.25) is 0 Å². The predicted molar refractivity (Wildman–Crippen MR) is 76.5 cm³/mol. The molecule has 2 aromatic rings. The summed E-state index contributed by atoms with van der Waals surface area (Å²) in [5.74, 6) is 0.916. The molecule has 0 aliphatic heterocycles. The monoisotopic (exact) mass is 342 g/mol. The Bertz CT molecular complexity index is 515. The van der Waals surface area contributed by atoms with Crippen LogP contribution >= 0.6 is 22.6 Å². The molecule has 0 atom stereocenters. The maximum Gasteiger partial charge on any atom is 0.126 e. The van der Waals surface area contributed by atoms with E-state index in [-0.39, 0.29) is 0 Å². The third-order valence-corrected chi connectivity index (χ3v) is 3.72. The summed E-state index contributed by atoms with van der Waals surface area (Å²) in [5, 5.41) is 4.46. The van der Waals surface area contributed by atoms with Crippen LogP contribution < -0.4 is 4.74 Å². The summed E-state index contributed by atoms with van der Waals surface area (Å²) in [6, 6.07) is 6.20. The highest BCUT2D eigenvalue weighted by Crippen LogP contribution is 2.21. The molecule has 0 aliphatic rings. The normalized spacial score (nSPS) is 10.6. The molecule has 0 saturated carbocycles. The summed E-state index contributed by atoms with van der Waals surface area (Å²) >= 11 is 2.25. The molecule has 1 heterocycles. The fourth-order valence-electron chi connectivity index (χ4n) is 1.78. The van der Waals surface area contributed by atoms with Gasteiger partial charge in [-0.3, -0.25) is 4.68 Å². The molecule has 1 aromatic heterocycles. The summed E-state index contributed by atoms with van der Waals surface area (Å²) in [7, 11) is 1.70. The maximum absolute atomic E-state index is 5.37. The first-order chi connectivity index (χ1) is 8.10. The largest absolute Gasteiger partial charge is 0.496 e. The Hall–Kier alpha value is -1.04. The van der Waals surface area contributed by atoms with Crippen LogP contribution in [0.1, 0.15) is 16.7 Å². The molecule has 2 rings (SSSR count). The third kappa shape index (κ3) is 2.80. The number of ether oxygens (including phenoxy) is 1. The van der Waals surface area contributed by atoms with Gasteiger partial charge in [0.15, 0.2) is 0 Å². The Labute approximate surface area is 115 Å². The Morgan fingerprint density at radius 2 is 2.12 bits per heavy atom. The summed E-state index contributed by atoms with van der Waals surface area (Å²) in [5.41, 5.74) is 3.60. The van der Waals surface area contributed by atoms with Crippen LogP contribution in [-0.2, 0) is 6.54 Å². The summed E-state index contributed by atoms with van der Waals surface area (Å²) in [4.78, 5) is 0. The second-order valence-corrected chi connectivity index (χ2v) is 5.14. The van der Waals surface area contributed by atoms with Gasteiger partial charge in [0.05, 0.1) is 13.7 Å². The van der Waals surface area contributed by atoms with Crippen LogP contribution in [0.4, 0.5) is 0 Å². The molecule has 3 nitrogen and oxygen atoms in total. The van der Waals surface area contributed by atoms with Crippen molar-refractivity contribution in [2.75, 3.05) is 7.11 Å². The highest BCUT2D eigenvalue weighted by atomic mass is 127. The number of hydrogen-bond donors (Lipinski definition) is 0. The molecular weight excluding hydrogens is 327 g/mol. The first kappa shape index (κ1) is 12.4. The van der Waals surface area contributed by atoms with Crippen molar-refractivity contribution in [3.63, 3.8) is 0 Å². The van der Waals surface area contributed by atoms with Crippen molar-refractivity contribution in [3.8, 4) is 5.75 Å². The van der Waals surface area contributed by atoms with E-state index >= 15 is 0 Å². The molecule has 0 fully saturated rings. The molecule has 0 spiro atoms. The van der Waals surface area contributed by atoms with Crippen LogP contribution in [-0.4, -0.2) is 16.9 Å². The number of methoxy groups -OCH3 is 1. The van der Waals surface area contributed by atoms with Crippen molar-refractivity contribution < 1.29 is 4.74 Å². The van der Waals surface area contributed by atoms with E-state index in [0.29, 0.717) is 0 Å². The number of halogens is 1. The minimum Gasteiger partial charge on any atom is -0.496 e. The minimum atomic E-state index is 0.745. The zero-order chi connectivity index (χ0) is 12.4. The van der Waals surface area contributed by atoms with Crippen molar-refractivity contribution in [3.05, 3.63) is 44.8 Å². The zero-order valence-electron chi connectivity index (χ0n) is 10.2. The van der Waals surface area contributed by atoms with Crippen LogP contribution in [0, 0.1) is 17.5 Å². The van der Waals surface area contributed by atoms with Crippen molar-refractivity contribution >= 4 is 22.6 Å². The lowest BCUT2D eigenvalue weighted by molar-refractivity contribution is 0.407. The van der Waals surface area contributed by atoms with Gasteiger partial charge in [0.1, 0.15) is 9.45 Å². The number of hydrogen-bond acceptors (Lipinski definition) is 2. The van der Waals surface area contributed by atoms with Gasteiger partial charge in [-0.05, 0) is 42.5 Å². The standard InChI is InChI=1S/C13H15IN2O/c1-9-4-5-12(17-3)11(6-9)8-16-7-10(2)13(14)15-16/h4-7H,8H2,1-3H3. The molecule has 0 bridgehead atoms. The van der Waals surface area contributed by atoms with E-state index in [4.69, 9.17) is 4.74 Å². The minimum absolute atomic E-state index is 0.745. The molecule has 4 heteroatoms. The molecule has 0 radical (unpaired) electrons. The Morgan fingerprint density at radius 3 is 2.71 bits per heavy atom. The second-order valence-electron chi connectivity index (χ2n) is 4.12. The van der Waals surface area contributed by atoms with Gasteiger partial charge >= 0.3 is 0 Å². The highest BCUT2D eigenvalue weighted by molar-refractivity contribution is 14.1. The highest BCUT2D eigenvalue weighted by Gasteiger charge is 2.06. The Balaban J connectivity index is 2.31. The lowest BCUT2D eigenvalue weighted by Crippen LogP contribution is -2.03. The van der Waals surface area contributed by atoms with Gasteiger partial charge < -0.3 is 4.74 Å². The number of aryl methyl sites for hydroxylation is 2. The van der Waals surface area contributed by atoms with E-state index in [1.807, 2.05) is 10.7 Å². The first-order valence-corrected chi connectivity index (χ1v) is 6.51. The molecule has 90 valence electrons. The van der Waals surface area contributed by atoms with Crippen LogP contribution in [0.5, 0.6) is 5.75 Å². The van der Waals surface area contributed by atoms with Crippen molar-refractivity contribution in [2.45, 2.75) is 20.4 Å². The van der Waals surface area contributed by atoms with Gasteiger partial charge in [-0.25, -0.2) is 0 Å². The lowest BCUT2D eigenvalue weighted by atomic mass is 10.1. The van der Waals surface area contributed by atoms with Crippen LogP contribution in [0.25, 0.3) is 0 Å². The van der Waals surface area contributed by atoms with Crippen molar-refractivity contribution in [1.29, 1.82) is 0 Å². The van der Waals surface area contributed by atoms with E-state index in [1.165, 1.54) is 11.1 Å². The average molecular weight is 342 g/mol. The molecule has 0 saturated heterocycles. The quantitative estimate of drug-likeness (QED) is 0.802. The van der Waals surface area contributed by atoms with Gasteiger partial charge in [-0.1, -0.05) is 17.7 Å². The number of aromatic nitrogens is 2. The maximum atomic E-state index is 5.37. The molecule has 0 unspecified atom stereocenters. The predicted octanol–water partition coefficient (Wildman–Crippen LogP) is 3.16. The molecule has 17 heavy (non-hydrogen) atoms. The number of benzene rings is 1. The van der Waals surface area contributed by atoms with E-state index < -0.39 is 0 Å². The topological polar surface area (TPSA) is 27.1 Å². The molecule has 0 N–H and O–H groups in total. The van der Waals surface area contributed by atoms with Crippen molar-refractivity contribution in [2.24, 2.45) is 0 Å². The van der Waals surface area contributed by atoms with Gasteiger partial charge in [0, 0.05) is 17.3 Å². The van der Waals surface area contributed by atoms with Crippen LogP contribution in [0.3, 0.4) is 0 Å². The summed E-state index contributed by atoms with van der Waals surface area (Å²) in [6.07, 6.45) is 2.06. The SMILES string of the molecule is COc1ccc(C)cc1Cn1cc(C)c(I)n1. The van der Waals surface area contributed by atoms with E-state index in [0.717, 1.165) is 21.6 Å². The molecule has 0 amide bonds. The Morgan fingerprint density at radius 1 is 1.35 bits per heavy atom. The molecule has 0 aliphatic carbocycles.